The van der Waals surface area contributed by atoms with Crippen molar-refractivity contribution in [2.75, 3.05) is 6.54 Å². The first-order valence-corrected chi connectivity index (χ1v) is 9.88. The summed E-state index contributed by atoms with van der Waals surface area (Å²) in [5.74, 6) is 1.70. The molecule has 0 bridgehead atoms. The van der Waals surface area contributed by atoms with E-state index in [1.807, 2.05) is 11.3 Å². The van der Waals surface area contributed by atoms with E-state index in [1.165, 1.54) is 39.4 Å². The zero-order chi connectivity index (χ0) is 16.6. The van der Waals surface area contributed by atoms with E-state index in [2.05, 4.69) is 58.5 Å². The summed E-state index contributed by atoms with van der Waals surface area (Å²) < 4.78 is 0. The third-order valence-corrected chi connectivity index (χ3v) is 6.20. The van der Waals surface area contributed by atoms with Crippen LogP contribution in [0.25, 0.3) is 10.4 Å². The number of aromatic nitrogens is 2. The standard InChI is InChI=1S/C21H21N3S/c1-2-4-15(5-3-1)20-9-8-18(25-20)13-24-11-10-17-12-22-21(16-6-7-16)23-19(17)14-24/h1-5,8-9,12,16H,6-7,10-11,13-14H2. The van der Waals surface area contributed by atoms with E-state index in [9.17, 15) is 0 Å². The maximum absolute atomic E-state index is 4.87. The molecule has 5 rings (SSSR count). The predicted octanol–water partition coefficient (Wildman–Crippen LogP) is 4.64. The molecule has 1 saturated carbocycles. The normalized spacial score (nSPS) is 17.4. The SMILES string of the molecule is c1ccc(-c2ccc(CN3CCc4cnc(C5CC5)nc4C3)s2)cc1. The lowest BCUT2D eigenvalue weighted by molar-refractivity contribution is 0.243. The van der Waals surface area contributed by atoms with Gasteiger partial charge < -0.3 is 0 Å². The molecular formula is C21H21N3S. The van der Waals surface area contributed by atoms with Crippen molar-refractivity contribution in [3.8, 4) is 10.4 Å². The van der Waals surface area contributed by atoms with Crippen LogP contribution in [0.3, 0.4) is 0 Å². The molecule has 0 saturated heterocycles. The van der Waals surface area contributed by atoms with Crippen LogP contribution in [0, 0.1) is 0 Å². The summed E-state index contributed by atoms with van der Waals surface area (Å²) in [5, 5.41) is 0. The molecule has 3 aromatic rings. The van der Waals surface area contributed by atoms with E-state index >= 15 is 0 Å². The second-order valence-electron chi connectivity index (χ2n) is 7.07. The third-order valence-electron chi connectivity index (χ3n) is 5.09. The van der Waals surface area contributed by atoms with Crippen LogP contribution < -0.4 is 0 Å². The minimum Gasteiger partial charge on any atom is -0.292 e. The highest BCUT2D eigenvalue weighted by Crippen LogP contribution is 2.38. The molecule has 1 aliphatic carbocycles. The minimum atomic E-state index is 0.631. The number of rotatable bonds is 4. The van der Waals surface area contributed by atoms with Crippen LogP contribution in [0.5, 0.6) is 0 Å². The fourth-order valence-electron chi connectivity index (χ4n) is 3.49. The van der Waals surface area contributed by atoms with Crippen LogP contribution in [0.4, 0.5) is 0 Å². The highest BCUT2D eigenvalue weighted by atomic mass is 32.1. The van der Waals surface area contributed by atoms with Crippen LogP contribution in [0.2, 0.25) is 0 Å². The lowest BCUT2D eigenvalue weighted by atomic mass is 10.1. The van der Waals surface area contributed by atoms with Crippen LogP contribution in [0.15, 0.2) is 48.7 Å². The van der Waals surface area contributed by atoms with E-state index in [-0.39, 0.29) is 0 Å². The van der Waals surface area contributed by atoms with Crippen LogP contribution in [-0.4, -0.2) is 21.4 Å². The van der Waals surface area contributed by atoms with Crippen molar-refractivity contribution < 1.29 is 0 Å². The van der Waals surface area contributed by atoms with Gasteiger partial charge in [0.15, 0.2) is 0 Å². The Labute approximate surface area is 152 Å². The highest BCUT2D eigenvalue weighted by Gasteiger charge is 2.28. The Morgan fingerprint density at radius 1 is 1.08 bits per heavy atom. The molecule has 1 aliphatic heterocycles. The largest absolute Gasteiger partial charge is 0.292 e. The molecule has 2 aliphatic rings. The monoisotopic (exact) mass is 347 g/mol. The van der Waals surface area contributed by atoms with E-state index in [0.29, 0.717) is 5.92 Å². The summed E-state index contributed by atoms with van der Waals surface area (Å²) in [7, 11) is 0. The summed E-state index contributed by atoms with van der Waals surface area (Å²) in [5.41, 5.74) is 3.91. The fraction of sp³-hybridized carbons (Fsp3) is 0.333. The molecule has 1 fully saturated rings. The maximum Gasteiger partial charge on any atom is 0.131 e. The molecule has 1 aromatic carbocycles. The second kappa shape index (κ2) is 6.36. The Kier molecular flexibility index (Phi) is 3.87. The van der Waals surface area contributed by atoms with Gasteiger partial charge in [0.2, 0.25) is 0 Å². The summed E-state index contributed by atoms with van der Waals surface area (Å²) in [4.78, 5) is 14.7. The predicted molar refractivity (Wildman–Crippen MR) is 102 cm³/mol. The average Bonchev–Trinajstić information content (AvgIpc) is 3.41. The van der Waals surface area contributed by atoms with Crippen LogP contribution >= 0.6 is 11.3 Å². The van der Waals surface area contributed by atoms with Crippen molar-refractivity contribution in [2.24, 2.45) is 0 Å². The quantitative estimate of drug-likeness (QED) is 0.688. The molecule has 0 amide bonds. The van der Waals surface area contributed by atoms with Gasteiger partial charge in [-0.15, -0.1) is 11.3 Å². The van der Waals surface area contributed by atoms with Gasteiger partial charge in [0.25, 0.3) is 0 Å². The van der Waals surface area contributed by atoms with Crippen molar-refractivity contribution in [3.63, 3.8) is 0 Å². The van der Waals surface area contributed by atoms with Gasteiger partial charge >= 0.3 is 0 Å². The Morgan fingerprint density at radius 2 is 1.96 bits per heavy atom. The number of hydrogen-bond acceptors (Lipinski definition) is 4. The average molecular weight is 347 g/mol. The molecule has 126 valence electrons. The first kappa shape index (κ1) is 15.2. The van der Waals surface area contributed by atoms with Crippen molar-refractivity contribution >= 4 is 11.3 Å². The van der Waals surface area contributed by atoms with Crippen LogP contribution in [-0.2, 0) is 19.5 Å². The van der Waals surface area contributed by atoms with E-state index < -0.39 is 0 Å². The molecule has 4 heteroatoms. The lowest BCUT2D eigenvalue weighted by Crippen LogP contribution is -2.31. The fourth-order valence-corrected chi connectivity index (χ4v) is 4.54. The molecule has 3 nitrogen and oxygen atoms in total. The zero-order valence-corrected chi connectivity index (χ0v) is 15.0. The molecule has 0 atom stereocenters. The number of benzene rings is 1. The Bertz CT molecular complexity index is 883. The van der Waals surface area contributed by atoms with Gasteiger partial charge in [-0.1, -0.05) is 30.3 Å². The molecule has 0 N–H and O–H groups in total. The van der Waals surface area contributed by atoms with Gasteiger partial charge in [0.05, 0.1) is 5.69 Å². The number of thiophene rings is 1. The molecule has 2 aromatic heterocycles. The Hall–Kier alpha value is -2.04. The molecular weight excluding hydrogens is 326 g/mol. The molecule has 0 unspecified atom stereocenters. The van der Waals surface area contributed by atoms with Gasteiger partial charge in [0, 0.05) is 41.5 Å². The summed E-state index contributed by atoms with van der Waals surface area (Å²) in [6.45, 7) is 3.06. The maximum atomic E-state index is 4.87. The topological polar surface area (TPSA) is 29.0 Å². The van der Waals surface area contributed by atoms with Gasteiger partial charge in [-0.2, -0.15) is 0 Å². The smallest absolute Gasteiger partial charge is 0.131 e. The second-order valence-corrected chi connectivity index (χ2v) is 8.24. The molecule has 0 spiro atoms. The van der Waals surface area contributed by atoms with E-state index in [0.717, 1.165) is 31.9 Å². The van der Waals surface area contributed by atoms with Crippen molar-refractivity contribution in [3.05, 3.63) is 70.6 Å². The molecule has 25 heavy (non-hydrogen) atoms. The summed E-state index contributed by atoms with van der Waals surface area (Å²) in [6.07, 6.45) is 5.67. The van der Waals surface area contributed by atoms with Crippen LogP contribution in [0.1, 0.15) is 40.7 Å². The highest BCUT2D eigenvalue weighted by molar-refractivity contribution is 7.15. The molecule has 0 radical (unpaired) electrons. The van der Waals surface area contributed by atoms with Gasteiger partial charge in [-0.05, 0) is 42.5 Å². The van der Waals surface area contributed by atoms with Crippen molar-refractivity contribution in [2.45, 2.75) is 38.3 Å². The zero-order valence-electron chi connectivity index (χ0n) is 14.2. The van der Waals surface area contributed by atoms with E-state index in [1.54, 1.807) is 0 Å². The first-order valence-electron chi connectivity index (χ1n) is 9.06. The van der Waals surface area contributed by atoms with Crippen molar-refractivity contribution in [1.29, 1.82) is 0 Å². The van der Waals surface area contributed by atoms with Gasteiger partial charge in [0.1, 0.15) is 5.82 Å². The Morgan fingerprint density at radius 3 is 2.80 bits per heavy atom. The number of nitrogens with zero attached hydrogens (tertiary/aromatic N) is 3. The lowest BCUT2D eigenvalue weighted by Gasteiger charge is -2.27. The number of hydrogen-bond donors (Lipinski definition) is 0. The Balaban J connectivity index is 1.31. The van der Waals surface area contributed by atoms with Gasteiger partial charge in [-0.25, -0.2) is 9.97 Å². The summed E-state index contributed by atoms with van der Waals surface area (Å²) >= 11 is 1.90. The van der Waals surface area contributed by atoms with Gasteiger partial charge in [-0.3, -0.25) is 4.90 Å². The first-order chi connectivity index (χ1) is 12.3. The van der Waals surface area contributed by atoms with E-state index in [4.69, 9.17) is 4.98 Å². The third kappa shape index (κ3) is 3.24. The summed E-state index contributed by atoms with van der Waals surface area (Å²) in [6, 6.07) is 15.2. The minimum absolute atomic E-state index is 0.631. The number of fused-ring (bicyclic) bond motifs is 1. The molecule has 3 heterocycles. The van der Waals surface area contributed by atoms with Crippen molar-refractivity contribution in [1.82, 2.24) is 14.9 Å².